The van der Waals surface area contributed by atoms with Gasteiger partial charge in [-0.05, 0) is 48.6 Å². The number of aryl methyl sites for hydroxylation is 1. The summed E-state index contributed by atoms with van der Waals surface area (Å²) in [5.41, 5.74) is 1.66. The van der Waals surface area contributed by atoms with Gasteiger partial charge in [-0.15, -0.1) is 0 Å². The molecule has 6 nitrogen and oxygen atoms in total. The van der Waals surface area contributed by atoms with Crippen molar-refractivity contribution in [3.8, 4) is 0 Å². The van der Waals surface area contributed by atoms with Gasteiger partial charge >= 0.3 is 6.18 Å². The first kappa shape index (κ1) is 17.9. The van der Waals surface area contributed by atoms with Gasteiger partial charge in [0.15, 0.2) is 5.65 Å². The van der Waals surface area contributed by atoms with Crippen LogP contribution in [0.25, 0.3) is 11.0 Å². The van der Waals surface area contributed by atoms with Crippen LogP contribution in [0.3, 0.4) is 0 Å². The molecule has 4 rings (SSSR count). The van der Waals surface area contributed by atoms with Gasteiger partial charge < -0.3 is 0 Å². The first-order valence-corrected chi connectivity index (χ1v) is 9.72. The zero-order valence-electron chi connectivity index (χ0n) is 13.9. The molecule has 1 atom stereocenters. The number of fused-ring (bicyclic) bond motifs is 3. The van der Waals surface area contributed by atoms with Gasteiger partial charge in [0.2, 0.25) is 10.0 Å². The summed E-state index contributed by atoms with van der Waals surface area (Å²) in [4.78, 5) is 3.87. The van der Waals surface area contributed by atoms with Crippen LogP contribution < -0.4 is 4.72 Å². The smallest absolute Gasteiger partial charge is 0.261 e. The fourth-order valence-corrected chi connectivity index (χ4v) is 4.69. The monoisotopic (exact) mass is 396 g/mol. The summed E-state index contributed by atoms with van der Waals surface area (Å²) in [6.45, 7) is 0. The third-order valence-electron chi connectivity index (χ3n) is 4.68. The maximum atomic E-state index is 12.9. The van der Waals surface area contributed by atoms with Gasteiger partial charge in [0.05, 0.1) is 16.7 Å². The molecule has 1 aromatic carbocycles. The average Bonchev–Trinajstić information content (AvgIpc) is 3.09. The van der Waals surface area contributed by atoms with Crippen LogP contribution >= 0.6 is 0 Å². The normalized spacial score (nSPS) is 17.8. The van der Waals surface area contributed by atoms with Crippen molar-refractivity contribution in [3.05, 3.63) is 53.3 Å². The van der Waals surface area contributed by atoms with E-state index in [1.54, 1.807) is 12.4 Å². The van der Waals surface area contributed by atoms with E-state index in [4.69, 9.17) is 0 Å². The highest BCUT2D eigenvalue weighted by atomic mass is 32.2. The molecule has 1 aliphatic rings. The fourth-order valence-electron chi connectivity index (χ4n) is 3.38. The average molecular weight is 396 g/mol. The second-order valence-electron chi connectivity index (χ2n) is 6.48. The van der Waals surface area contributed by atoms with Crippen LogP contribution in [0.4, 0.5) is 13.2 Å². The molecular weight excluding hydrogens is 381 g/mol. The minimum absolute atomic E-state index is 0.397. The minimum Gasteiger partial charge on any atom is -0.261 e. The summed E-state index contributed by atoms with van der Waals surface area (Å²) in [6, 6.07) is 3.33. The van der Waals surface area contributed by atoms with E-state index in [-0.39, 0.29) is 0 Å². The van der Waals surface area contributed by atoms with Crippen molar-refractivity contribution in [2.75, 3.05) is 0 Å². The summed E-state index contributed by atoms with van der Waals surface area (Å²) in [5.74, 6) is 0. The van der Waals surface area contributed by atoms with Crippen molar-refractivity contribution in [1.82, 2.24) is 19.9 Å². The lowest BCUT2D eigenvalue weighted by atomic mass is 9.88. The molecule has 2 N–H and O–H groups in total. The van der Waals surface area contributed by atoms with Crippen molar-refractivity contribution in [1.29, 1.82) is 0 Å². The molecule has 1 aliphatic carbocycles. The van der Waals surface area contributed by atoms with Gasteiger partial charge in [0.1, 0.15) is 0 Å². The third-order valence-corrected chi connectivity index (χ3v) is 6.20. The number of rotatable bonds is 3. The van der Waals surface area contributed by atoms with Crippen molar-refractivity contribution in [3.63, 3.8) is 0 Å². The Balaban J connectivity index is 1.57. The van der Waals surface area contributed by atoms with Crippen molar-refractivity contribution in [2.45, 2.75) is 36.4 Å². The Labute approximate surface area is 152 Å². The Kier molecular flexibility index (Phi) is 4.19. The van der Waals surface area contributed by atoms with Crippen LogP contribution in [0, 0.1) is 0 Å². The van der Waals surface area contributed by atoms with Gasteiger partial charge in [0, 0.05) is 17.6 Å². The maximum absolute atomic E-state index is 12.9. The Hall–Kier alpha value is -2.46. The highest BCUT2D eigenvalue weighted by Crippen LogP contribution is 2.31. The standard InChI is InChI=1S/C17H15F3N4O2S/c18-17(19,20)11-2-1-3-13(7-11)27(25,26)24-12-4-5-14-10(6-12)8-21-16-15(14)9-22-23-16/h1-3,7-9,12,24H,4-6H2,(H,21,22,23). The topological polar surface area (TPSA) is 87.7 Å². The highest BCUT2D eigenvalue weighted by molar-refractivity contribution is 7.89. The Morgan fingerprint density at radius 2 is 2.04 bits per heavy atom. The summed E-state index contributed by atoms with van der Waals surface area (Å²) >= 11 is 0. The molecule has 0 saturated heterocycles. The number of pyridine rings is 1. The second-order valence-corrected chi connectivity index (χ2v) is 8.19. The molecule has 0 saturated carbocycles. The molecule has 0 bridgehead atoms. The number of benzene rings is 1. The lowest BCUT2D eigenvalue weighted by Gasteiger charge is -2.25. The second kappa shape index (κ2) is 6.31. The molecule has 0 radical (unpaired) electrons. The molecule has 0 aliphatic heterocycles. The SMILES string of the molecule is O=S(=O)(NC1CCc2c(cnc3[nH]ncc23)C1)c1cccc(C(F)(F)F)c1. The summed E-state index contributed by atoms with van der Waals surface area (Å²) < 4.78 is 66.2. The van der Waals surface area contributed by atoms with Crippen LogP contribution in [0.15, 0.2) is 41.6 Å². The molecule has 142 valence electrons. The molecule has 1 unspecified atom stereocenters. The van der Waals surface area contributed by atoms with Crippen LogP contribution in [-0.4, -0.2) is 29.6 Å². The van der Waals surface area contributed by atoms with E-state index in [0.717, 1.165) is 34.7 Å². The molecule has 2 heterocycles. The van der Waals surface area contributed by atoms with E-state index in [9.17, 15) is 21.6 Å². The Morgan fingerprint density at radius 3 is 2.81 bits per heavy atom. The van der Waals surface area contributed by atoms with Crippen LogP contribution in [0.2, 0.25) is 0 Å². The number of halogens is 3. The third kappa shape index (κ3) is 3.42. The number of nitrogens with one attached hydrogen (secondary N) is 2. The number of sulfonamides is 1. The lowest BCUT2D eigenvalue weighted by molar-refractivity contribution is -0.137. The van der Waals surface area contributed by atoms with E-state index in [1.807, 2.05) is 0 Å². The van der Waals surface area contributed by atoms with Gasteiger partial charge in [-0.1, -0.05) is 6.07 Å². The molecule has 0 fully saturated rings. The quantitative estimate of drug-likeness (QED) is 0.713. The van der Waals surface area contributed by atoms with E-state index in [2.05, 4.69) is 19.9 Å². The molecule has 0 amide bonds. The van der Waals surface area contributed by atoms with Crippen molar-refractivity contribution >= 4 is 21.1 Å². The minimum atomic E-state index is -4.60. The van der Waals surface area contributed by atoms with E-state index >= 15 is 0 Å². The molecule has 3 aromatic rings. The molecule has 10 heteroatoms. The molecule has 0 spiro atoms. The first-order valence-electron chi connectivity index (χ1n) is 8.23. The van der Waals surface area contributed by atoms with Gasteiger partial charge in [-0.3, -0.25) is 5.10 Å². The Morgan fingerprint density at radius 1 is 1.22 bits per heavy atom. The molecule has 2 aromatic heterocycles. The highest BCUT2D eigenvalue weighted by Gasteiger charge is 2.32. The van der Waals surface area contributed by atoms with Crippen LogP contribution in [0.5, 0.6) is 0 Å². The number of aromatic nitrogens is 3. The molecule has 27 heavy (non-hydrogen) atoms. The summed E-state index contributed by atoms with van der Waals surface area (Å²) in [7, 11) is -4.07. The van der Waals surface area contributed by atoms with Crippen molar-refractivity contribution < 1.29 is 21.6 Å². The number of hydrogen-bond acceptors (Lipinski definition) is 4. The number of aromatic amines is 1. The van der Waals surface area contributed by atoms with Crippen LogP contribution in [-0.2, 0) is 29.0 Å². The number of H-pyrrole nitrogens is 1. The van der Waals surface area contributed by atoms with Crippen molar-refractivity contribution in [2.24, 2.45) is 0 Å². The number of hydrogen-bond donors (Lipinski definition) is 2. The first-order chi connectivity index (χ1) is 12.7. The molecular formula is C17H15F3N4O2S. The fraction of sp³-hybridized carbons (Fsp3) is 0.294. The zero-order valence-corrected chi connectivity index (χ0v) is 14.7. The van der Waals surface area contributed by atoms with E-state index in [1.165, 1.54) is 0 Å². The van der Waals surface area contributed by atoms with Gasteiger partial charge in [-0.25, -0.2) is 18.1 Å². The van der Waals surface area contributed by atoms with Crippen LogP contribution in [0.1, 0.15) is 23.1 Å². The van der Waals surface area contributed by atoms with Gasteiger partial charge in [0.25, 0.3) is 0 Å². The van der Waals surface area contributed by atoms with E-state index in [0.29, 0.717) is 31.0 Å². The van der Waals surface area contributed by atoms with E-state index < -0.39 is 32.7 Å². The summed E-state index contributed by atoms with van der Waals surface area (Å²) in [6.07, 6.45) is 0.354. The largest absolute Gasteiger partial charge is 0.416 e. The Bertz CT molecular complexity index is 1110. The lowest BCUT2D eigenvalue weighted by Crippen LogP contribution is -2.39. The zero-order chi connectivity index (χ0) is 19.2. The number of alkyl halides is 3. The summed E-state index contributed by atoms with van der Waals surface area (Å²) in [5, 5.41) is 7.67. The predicted octanol–water partition coefficient (Wildman–Crippen LogP) is 2.81. The predicted molar refractivity (Wildman–Crippen MR) is 91.5 cm³/mol. The maximum Gasteiger partial charge on any atom is 0.416 e. The number of nitrogens with zero attached hydrogens (tertiary/aromatic N) is 2. The van der Waals surface area contributed by atoms with Gasteiger partial charge in [-0.2, -0.15) is 18.3 Å².